The van der Waals surface area contributed by atoms with E-state index in [1.54, 1.807) is 7.11 Å². The highest BCUT2D eigenvalue weighted by molar-refractivity contribution is 5.59. The van der Waals surface area contributed by atoms with E-state index in [2.05, 4.69) is 11.9 Å². The van der Waals surface area contributed by atoms with Gasteiger partial charge in [-0.3, -0.25) is 0 Å². The second-order valence-electron chi connectivity index (χ2n) is 5.48. The van der Waals surface area contributed by atoms with Crippen molar-refractivity contribution in [2.45, 2.75) is 44.9 Å². The average molecular weight is 241 g/mol. The molecule has 1 fully saturated rings. The lowest BCUT2D eigenvalue weighted by molar-refractivity contribution is -0.117. The number of carbonyl (C=O) groups excluding carboxylic acids is 1. The van der Waals surface area contributed by atoms with Crippen LogP contribution in [-0.2, 0) is 9.53 Å². The zero-order valence-electron chi connectivity index (χ0n) is 11.4. The molecular formula is C14H27NO2. The summed E-state index contributed by atoms with van der Waals surface area (Å²) >= 11 is 0. The van der Waals surface area contributed by atoms with Crippen LogP contribution in [0, 0.1) is 5.41 Å². The number of carbonyl (C=O) groups is 1. The summed E-state index contributed by atoms with van der Waals surface area (Å²) in [6, 6.07) is 0. The fourth-order valence-corrected chi connectivity index (χ4v) is 2.84. The molecule has 0 aromatic heterocycles. The highest BCUT2D eigenvalue weighted by atomic mass is 16.5. The van der Waals surface area contributed by atoms with Crippen molar-refractivity contribution < 1.29 is 9.53 Å². The summed E-state index contributed by atoms with van der Waals surface area (Å²) in [6.07, 6.45) is 9.44. The van der Waals surface area contributed by atoms with Gasteiger partial charge in [0, 0.05) is 32.2 Å². The third-order valence-electron chi connectivity index (χ3n) is 3.82. The number of methoxy groups -OCH3 is 1. The largest absolute Gasteiger partial charge is 0.385 e. The van der Waals surface area contributed by atoms with Crippen LogP contribution in [0.15, 0.2) is 0 Å². The normalized spacial score (nSPS) is 20.2. The van der Waals surface area contributed by atoms with Gasteiger partial charge in [-0.05, 0) is 26.3 Å². The highest BCUT2D eigenvalue weighted by Crippen LogP contribution is 2.33. The van der Waals surface area contributed by atoms with Gasteiger partial charge in [0.2, 0.25) is 0 Å². The van der Waals surface area contributed by atoms with Gasteiger partial charge in [-0.1, -0.05) is 25.7 Å². The number of aldehydes is 1. The van der Waals surface area contributed by atoms with E-state index < -0.39 is 0 Å². The first kappa shape index (κ1) is 14.7. The Hall–Kier alpha value is -0.410. The molecule has 0 amide bonds. The Kier molecular flexibility index (Phi) is 6.75. The van der Waals surface area contributed by atoms with Crippen LogP contribution < -0.4 is 0 Å². The van der Waals surface area contributed by atoms with Crippen LogP contribution in [0.5, 0.6) is 0 Å². The molecule has 1 saturated carbocycles. The second kappa shape index (κ2) is 7.83. The zero-order valence-corrected chi connectivity index (χ0v) is 11.4. The maximum Gasteiger partial charge on any atom is 0.127 e. The topological polar surface area (TPSA) is 29.5 Å². The zero-order chi connectivity index (χ0) is 12.6. The van der Waals surface area contributed by atoms with Crippen molar-refractivity contribution in [2.24, 2.45) is 5.41 Å². The molecule has 0 aliphatic heterocycles. The molecular weight excluding hydrogens is 214 g/mol. The molecule has 0 atom stereocenters. The molecule has 0 saturated heterocycles. The van der Waals surface area contributed by atoms with E-state index in [1.165, 1.54) is 32.0 Å². The van der Waals surface area contributed by atoms with Crippen molar-refractivity contribution in [2.75, 3.05) is 33.9 Å². The number of hydrogen-bond acceptors (Lipinski definition) is 3. The molecule has 0 aromatic rings. The monoisotopic (exact) mass is 241 g/mol. The molecule has 1 aliphatic carbocycles. The number of ether oxygens (including phenoxy) is 1. The van der Waals surface area contributed by atoms with Gasteiger partial charge in [0.1, 0.15) is 6.29 Å². The molecule has 3 heteroatoms. The van der Waals surface area contributed by atoms with Crippen LogP contribution in [0.1, 0.15) is 44.9 Å². The van der Waals surface area contributed by atoms with Gasteiger partial charge >= 0.3 is 0 Å². The molecule has 0 heterocycles. The van der Waals surface area contributed by atoms with Crippen molar-refractivity contribution >= 4 is 6.29 Å². The second-order valence-corrected chi connectivity index (χ2v) is 5.48. The first-order valence-corrected chi connectivity index (χ1v) is 6.86. The molecule has 0 N–H and O–H groups in total. The van der Waals surface area contributed by atoms with Crippen LogP contribution in [0.25, 0.3) is 0 Å². The summed E-state index contributed by atoms with van der Waals surface area (Å²) < 4.78 is 5.06. The van der Waals surface area contributed by atoms with Crippen molar-refractivity contribution in [3.8, 4) is 0 Å². The fourth-order valence-electron chi connectivity index (χ4n) is 2.84. The first-order chi connectivity index (χ1) is 8.22. The van der Waals surface area contributed by atoms with E-state index in [-0.39, 0.29) is 5.41 Å². The van der Waals surface area contributed by atoms with Crippen molar-refractivity contribution in [3.05, 3.63) is 0 Å². The Morgan fingerprint density at radius 3 is 2.41 bits per heavy atom. The third kappa shape index (κ3) is 5.17. The Morgan fingerprint density at radius 2 is 1.88 bits per heavy atom. The third-order valence-corrected chi connectivity index (χ3v) is 3.82. The molecule has 1 aliphatic rings. The smallest absolute Gasteiger partial charge is 0.127 e. The number of nitrogens with zero attached hydrogens (tertiary/aromatic N) is 1. The van der Waals surface area contributed by atoms with E-state index >= 15 is 0 Å². The fraction of sp³-hybridized carbons (Fsp3) is 0.929. The van der Waals surface area contributed by atoms with Crippen LogP contribution in [0.2, 0.25) is 0 Å². The lowest BCUT2D eigenvalue weighted by Gasteiger charge is -2.31. The van der Waals surface area contributed by atoms with Gasteiger partial charge in [0.25, 0.3) is 0 Å². The molecule has 0 radical (unpaired) electrons. The van der Waals surface area contributed by atoms with E-state index in [1.807, 2.05) is 0 Å². The Bertz CT molecular complexity index is 210. The molecule has 0 unspecified atom stereocenters. The van der Waals surface area contributed by atoms with Crippen LogP contribution in [0.4, 0.5) is 0 Å². The maximum atomic E-state index is 11.4. The number of hydrogen-bond donors (Lipinski definition) is 0. The molecule has 0 aromatic carbocycles. The lowest BCUT2D eigenvalue weighted by atomic mass is 9.81. The van der Waals surface area contributed by atoms with Gasteiger partial charge in [0.05, 0.1) is 0 Å². The quantitative estimate of drug-likeness (QED) is 0.389. The van der Waals surface area contributed by atoms with Gasteiger partial charge in [-0.15, -0.1) is 0 Å². The summed E-state index contributed by atoms with van der Waals surface area (Å²) in [4.78, 5) is 13.7. The summed E-state index contributed by atoms with van der Waals surface area (Å²) in [5, 5.41) is 0. The predicted molar refractivity (Wildman–Crippen MR) is 70.2 cm³/mol. The minimum Gasteiger partial charge on any atom is -0.385 e. The maximum absolute atomic E-state index is 11.4. The molecule has 0 bridgehead atoms. The Labute approximate surface area is 106 Å². The minimum atomic E-state index is -0.0711. The highest BCUT2D eigenvalue weighted by Gasteiger charge is 2.31. The Morgan fingerprint density at radius 1 is 1.24 bits per heavy atom. The minimum absolute atomic E-state index is 0.0711. The first-order valence-electron chi connectivity index (χ1n) is 6.86. The summed E-state index contributed by atoms with van der Waals surface area (Å²) in [6.45, 7) is 2.74. The standard InChI is InChI=1S/C14H27NO2/c1-15(10-7-11-17-2)12-14(13-16)8-5-3-4-6-9-14/h13H,3-12H2,1-2H3. The van der Waals surface area contributed by atoms with Gasteiger partial charge in [-0.25, -0.2) is 0 Å². The number of rotatable bonds is 7. The SMILES string of the molecule is COCCCN(C)CC1(C=O)CCCCCC1. The molecule has 1 rings (SSSR count). The van der Waals surface area contributed by atoms with Gasteiger partial charge in [0.15, 0.2) is 0 Å². The van der Waals surface area contributed by atoms with Crippen LogP contribution >= 0.6 is 0 Å². The van der Waals surface area contributed by atoms with Gasteiger partial charge in [-0.2, -0.15) is 0 Å². The predicted octanol–water partition coefficient (Wildman–Crippen LogP) is 2.49. The molecule has 3 nitrogen and oxygen atoms in total. The van der Waals surface area contributed by atoms with Crippen molar-refractivity contribution in [1.82, 2.24) is 4.90 Å². The summed E-state index contributed by atoms with van der Waals surface area (Å²) in [5.41, 5.74) is -0.0711. The summed E-state index contributed by atoms with van der Waals surface area (Å²) in [5.74, 6) is 0. The van der Waals surface area contributed by atoms with Crippen LogP contribution in [0.3, 0.4) is 0 Å². The van der Waals surface area contributed by atoms with E-state index in [4.69, 9.17) is 4.74 Å². The molecule has 17 heavy (non-hydrogen) atoms. The Balaban J connectivity index is 2.40. The van der Waals surface area contributed by atoms with E-state index in [0.29, 0.717) is 0 Å². The molecule has 0 spiro atoms. The summed E-state index contributed by atoms with van der Waals surface area (Å²) in [7, 11) is 3.85. The van der Waals surface area contributed by atoms with Crippen molar-refractivity contribution in [3.63, 3.8) is 0 Å². The molecule has 100 valence electrons. The van der Waals surface area contributed by atoms with Gasteiger partial charge < -0.3 is 14.4 Å². The van der Waals surface area contributed by atoms with Crippen molar-refractivity contribution in [1.29, 1.82) is 0 Å². The lowest BCUT2D eigenvalue weighted by Crippen LogP contribution is -2.37. The average Bonchev–Trinajstić information content (AvgIpc) is 2.56. The van der Waals surface area contributed by atoms with E-state index in [9.17, 15) is 4.79 Å². The van der Waals surface area contributed by atoms with E-state index in [0.717, 1.165) is 39.0 Å². The van der Waals surface area contributed by atoms with Crippen LogP contribution in [-0.4, -0.2) is 45.0 Å².